The van der Waals surface area contributed by atoms with Crippen LogP contribution in [0.4, 0.5) is 4.39 Å². The second-order valence-electron chi connectivity index (χ2n) is 4.35. The Hall–Kier alpha value is -1.87. The van der Waals surface area contributed by atoms with Crippen LogP contribution >= 0.6 is 11.6 Å². The first-order valence-electron chi connectivity index (χ1n) is 5.84. The Morgan fingerprint density at radius 3 is 2.58 bits per heavy atom. The molecule has 0 bridgehead atoms. The number of rotatable bonds is 3. The molecule has 1 unspecified atom stereocenters. The maximum atomic E-state index is 14.2. The van der Waals surface area contributed by atoms with Gasteiger partial charge in [0.25, 0.3) is 5.91 Å². The molecule has 2 aromatic carbocycles. The van der Waals surface area contributed by atoms with Crippen LogP contribution < -0.4 is 5.73 Å². The van der Waals surface area contributed by atoms with Gasteiger partial charge in [0, 0.05) is 10.9 Å². The van der Waals surface area contributed by atoms with E-state index in [2.05, 4.69) is 0 Å². The van der Waals surface area contributed by atoms with Gasteiger partial charge in [-0.2, -0.15) is 0 Å². The third-order valence-corrected chi connectivity index (χ3v) is 3.34. The van der Waals surface area contributed by atoms with Crippen molar-refractivity contribution in [1.29, 1.82) is 0 Å². The first kappa shape index (κ1) is 13.6. The third-order valence-electron chi connectivity index (χ3n) is 3.11. The molecule has 0 heterocycles. The van der Waals surface area contributed by atoms with Crippen LogP contribution in [0.15, 0.2) is 42.5 Å². The Kier molecular flexibility index (Phi) is 3.86. The Balaban J connectivity index is 2.47. The molecular weight excluding hydrogens is 265 g/mol. The topological polar surface area (TPSA) is 43.1 Å². The lowest BCUT2D eigenvalue weighted by Gasteiger charge is -2.15. The summed E-state index contributed by atoms with van der Waals surface area (Å²) in [6.45, 7) is 1.86. The molecule has 0 saturated heterocycles. The van der Waals surface area contributed by atoms with Gasteiger partial charge in [0.2, 0.25) is 0 Å². The molecule has 2 nitrogen and oxygen atoms in total. The predicted octanol–water partition coefficient (Wildman–Crippen LogP) is 3.73. The van der Waals surface area contributed by atoms with Crippen molar-refractivity contribution in [2.45, 2.75) is 12.8 Å². The van der Waals surface area contributed by atoms with E-state index in [1.165, 1.54) is 6.07 Å². The lowest BCUT2D eigenvalue weighted by molar-refractivity contribution is 0.0996. The molecule has 2 N–H and O–H groups in total. The van der Waals surface area contributed by atoms with Crippen molar-refractivity contribution in [3.63, 3.8) is 0 Å². The van der Waals surface area contributed by atoms with E-state index in [0.29, 0.717) is 10.6 Å². The van der Waals surface area contributed by atoms with Crippen LogP contribution in [0.1, 0.15) is 34.3 Å². The Bertz CT molecular complexity index is 627. The first-order chi connectivity index (χ1) is 9.00. The largest absolute Gasteiger partial charge is 0.366 e. The van der Waals surface area contributed by atoms with Gasteiger partial charge in [-0.05, 0) is 29.3 Å². The number of amides is 1. The smallest absolute Gasteiger partial charge is 0.251 e. The second-order valence-corrected chi connectivity index (χ2v) is 4.79. The second kappa shape index (κ2) is 5.41. The van der Waals surface area contributed by atoms with Crippen LogP contribution in [0.3, 0.4) is 0 Å². The molecule has 1 amide bonds. The summed E-state index contributed by atoms with van der Waals surface area (Å²) in [6, 6.07) is 11.9. The van der Waals surface area contributed by atoms with Gasteiger partial charge in [0.15, 0.2) is 0 Å². The molecular formula is C15H13ClFNO. The highest BCUT2D eigenvalue weighted by Crippen LogP contribution is 2.29. The maximum absolute atomic E-state index is 14.2. The summed E-state index contributed by atoms with van der Waals surface area (Å²) in [6.07, 6.45) is 0. The van der Waals surface area contributed by atoms with Gasteiger partial charge in [-0.3, -0.25) is 4.79 Å². The number of nitrogens with two attached hydrogens (primary N) is 1. The van der Waals surface area contributed by atoms with Gasteiger partial charge in [-0.1, -0.05) is 42.8 Å². The standard InChI is InChI=1S/C15H13ClFNO/c1-9(10-4-2-5-11(16)8-10)12-6-3-7-13(14(12)17)15(18)19/h2-9H,1H3,(H2,18,19). The van der Waals surface area contributed by atoms with E-state index >= 15 is 0 Å². The molecule has 98 valence electrons. The molecule has 0 aliphatic carbocycles. The van der Waals surface area contributed by atoms with E-state index in [1.807, 2.05) is 19.1 Å². The molecule has 2 rings (SSSR count). The quantitative estimate of drug-likeness (QED) is 0.913. The zero-order chi connectivity index (χ0) is 14.0. The number of hydrogen-bond donors (Lipinski definition) is 1. The van der Waals surface area contributed by atoms with E-state index in [-0.39, 0.29) is 11.5 Å². The van der Waals surface area contributed by atoms with E-state index < -0.39 is 11.7 Å². The average Bonchev–Trinajstić information content (AvgIpc) is 2.38. The van der Waals surface area contributed by atoms with Crippen molar-refractivity contribution in [2.75, 3.05) is 0 Å². The van der Waals surface area contributed by atoms with E-state index in [9.17, 15) is 9.18 Å². The minimum atomic E-state index is -0.766. The van der Waals surface area contributed by atoms with Crippen molar-refractivity contribution in [1.82, 2.24) is 0 Å². The fraction of sp³-hybridized carbons (Fsp3) is 0.133. The molecule has 0 aliphatic rings. The Morgan fingerprint density at radius 2 is 1.95 bits per heavy atom. The van der Waals surface area contributed by atoms with Gasteiger partial charge < -0.3 is 5.73 Å². The fourth-order valence-corrected chi connectivity index (χ4v) is 2.23. The van der Waals surface area contributed by atoms with Gasteiger partial charge in [-0.25, -0.2) is 4.39 Å². The molecule has 4 heteroatoms. The lowest BCUT2D eigenvalue weighted by atomic mass is 9.91. The maximum Gasteiger partial charge on any atom is 0.251 e. The van der Waals surface area contributed by atoms with Gasteiger partial charge in [0.1, 0.15) is 5.82 Å². The summed E-state index contributed by atoms with van der Waals surface area (Å²) < 4.78 is 14.2. The monoisotopic (exact) mass is 277 g/mol. The van der Waals surface area contributed by atoms with Crippen LogP contribution in [-0.4, -0.2) is 5.91 Å². The highest BCUT2D eigenvalue weighted by atomic mass is 35.5. The summed E-state index contributed by atoms with van der Waals surface area (Å²) in [5.41, 5.74) is 6.37. The van der Waals surface area contributed by atoms with Gasteiger partial charge in [-0.15, -0.1) is 0 Å². The lowest BCUT2D eigenvalue weighted by Crippen LogP contribution is -2.15. The van der Waals surface area contributed by atoms with Gasteiger partial charge >= 0.3 is 0 Å². The molecule has 0 radical (unpaired) electrons. The average molecular weight is 278 g/mol. The molecule has 19 heavy (non-hydrogen) atoms. The minimum absolute atomic E-state index is 0.0913. The molecule has 0 saturated carbocycles. The molecule has 0 fully saturated rings. The van der Waals surface area contributed by atoms with E-state index in [4.69, 9.17) is 17.3 Å². The number of carbonyl (C=O) groups is 1. The van der Waals surface area contributed by atoms with E-state index in [1.54, 1.807) is 24.3 Å². The van der Waals surface area contributed by atoms with Crippen molar-refractivity contribution >= 4 is 17.5 Å². The Morgan fingerprint density at radius 1 is 1.26 bits per heavy atom. The zero-order valence-electron chi connectivity index (χ0n) is 10.4. The fourth-order valence-electron chi connectivity index (χ4n) is 2.03. The Labute approximate surface area is 116 Å². The van der Waals surface area contributed by atoms with Crippen LogP contribution in [0.5, 0.6) is 0 Å². The zero-order valence-corrected chi connectivity index (χ0v) is 11.1. The number of halogens is 2. The van der Waals surface area contributed by atoms with Crippen LogP contribution in [-0.2, 0) is 0 Å². The summed E-state index contributed by atoms with van der Waals surface area (Å²) in [4.78, 5) is 11.1. The highest BCUT2D eigenvalue weighted by Gasteiger charge is 2.18. The summed E-state index contributed by atoms with van der Waals surface area (Å²) >= 11 is 5.93. The molecule has 0 aromatic heterocycles. The SMILES string of the molecule is CC(c1cccc(Cl)c1)c1cccc(C(N)=O)c1F. The van der Waals surface area contributed by atoms with Crippen molar-refractivity contribution in [3.05, 3.63) is 70.0 Å². The summed E-state index contributed by atoms with van der Waals surface area (Å²) in [5, 5.41) is 0.593. The third kappa shape index (κ3) is 2.76. The molecule has 0 spiro atoms. The summed E-state index contributed by atoms with van der Waals surface area (Å²) in [5.74, 6) is -1.54. The number of hydrogen-bond acceptors (Lipinski definition) is 1. The van der Waals surface area contributed by atoms with Crippen LogP contribution in [0.2, 0.25) is 5.02 Å². The summed E-state index contributed by atoms with van der Waals surface area (Å²) in [7, 11) is 0. The number of primary amides is 1. The van der Waals surface area contributed by atoms with Crippen molar-refractivity contribution in [2.24, 2.45) is 5.73 Å². The van der Waals surface area contributed by atoms with Gasteiger partial charge in [0.05, 0.1) is 5.56 Å². The number of carbonyl (C=O) groups excluding carboxylic acids is 1. The van der Waals surface area contributed by atoms with Crippen LogP contribution in [0, 0.1) is 5.82 Å². The van der Waals surface area contributed by atoms with Crippen LogP contribution in [0.25, 0.3) is 0 Å². The first-order valence-corrected chi connectivity index (χ1v) is 6.22. The predicted molar refractivity (Wildman–Crippen MR) is 73.9 cm³/mol. The molecule has 0 aliphatic heterocycles. The number of benzene rings is 2. The molecule has 2 aromatic rings. The van der Waals surface area contributed by atoms with E-state index in [0.717, 1.165) is 5.56 Å². The normalized spacial score (nSPS) is 12.2. The van der Waals surface area contributed by atoms with Crippen molar-refractivity contribution < 1.29 is 9.18 Å². The van der Waals surface area contributed by atoms with Crippen molar-refractivity contribution in [3.8, 4) is 0 Å². The minimum Gasteiger partial charge on any atom is -0.366 e. The highest BCUT2D eigenvalue weighted by molar-refractivity contribution is 6.30. The molecule has 1 atom stereocenters.